The Hall–Kier alpha value is -2.03. The van der Waals surface area contributed by atoms with Gasteiger partial charge >= 0.3 is 0 Å². The summed E-state index contributed by atoms with van der Waals surface area (Å²) in [7, 11) is -4.01. The molecule has 0 spiro atoms. The molecule has 0 saturated heterocycles. The SMILES string of the molecule is O=S(=O)(NCC(CO)Cc1ccccc1F)c1ccc(O)c(F)c1. The number of phenols is 1. The van der Waals surface area contributed by atoms with Gasteiger partial charge in [0.05, 0.1) is 4.90 Å². The topological polar surface area (TPSA) is 86.6 Å². The van der Waals surface area contributed by atoms with E-state index in [1.54, 1.807) is 12.1 Å². The zero-order valence-electron chi connectivity index (χ0n) is 12.6. The second-order valence-electron chi connectivity index (χ2n) is 5.31. The fourth-order valence-electron chi connectivity index (χ4n) is 2.14. The first kappa shape index (κ1) is 18.3. The van der Waals surface area contributed by atoms with Crippen molar-refractivity contribution in [2.75, 3.05) is 13.2 Å². The average Bonchev–Trinajstić information content (AvgIpc) is 2.55. The lowest BCUT2D eigenvalue weighted by molar-refractivity contribution is 0.226. The molecular weight excluding hydrogens is 340 g/mol. The van der Waals surface area contributed by atoms with Crippen molar-refractivity contribution < 1.29 is 27.4 Å². The third-order valence-electron chi connectivity index (χ3n) is 3.52. The summed E-state index contributed by atoms with van der Waals surface area (Å²) in [5, 5.41) is 18.5. The summed E-state index contributed by atoms with van der Waals surface area (Å²) in [5.41, 5.74) is 0.367. The molecule has 0 radical (unpaired) electrons. The number of rotatable bonds is 7. The molecule has 3 N–H and O–H groups in total. The fraction of sp³-hybridized carbons (Fsp3) is 0.250. The molecule has 5 nitrogen and oxygen atoms in total. The van der Waals surface area contributed by atoms with Crippen LogP contribution in [0.25, 0.3) is 0 Å². The number of phenolic OH excluding ortho intramolecular Hbond substituents is 1. The average molecular weight is 357 g/mol. The van der Waals surface area contributed by atoms with E-state index in [1.807, 2.05) is 0 Å². The van der Waals surface area contributed by atoms with Gasteiger partial charge in [-0.25, -0.2) is 21.9 Å². The highest BCUT2D eigenvalue weighted by atomic mass is 32.2. The Morgan fingerprint density at radius 2 is 1.79 bits per heavy atom. The smallest absolute Gasteiger partial charge is 0.240 e. The molecule has 0 heterocycles. The minimum absolute atomic E-state index is 0.143. The Bertz CT molecular complexity index is 811. The van der Waals surface area contributed by atoms with E-state index < -0.39 is 33.3 Å². The molecule has 2 rings (SSSR count). The summed E-state index contributed by atoms with van der Waals surface area (Å²) in [4.78, 5) is -0.347. The van der Waals surface area contributed by atoms with Gasteiger partial charge in [0.25, 0.3) is 0 Å². The zero-order valence-corrected chi connectivity index (χ0v) is 13.4. The van der Waals surface area contributed by atoms with Crippen LogP contribution in [0.2, 0.25) is 0 Å². The zero-order chi connectivity index (χ0) is 17.7. The van der Waals surface area contributed by atoms with E-state index in [9.17, 15) is 22.3 Å². The van der Waals surface area contributed by atoms with Crippen molar-refractivity contribution in [1.29, 1.82) is 0 Å². The minimum atomic E-state index is -4.01. The minimum Gasteiger partial charge on any atom is -0.505 e. The molecule has 1 unspecified atom stereocenters. The number of nitrogens with one attached hydrogen (secondary N) is 1. The summed E-state index contributed by atoms with van der Waals surface area (Å²) in [6.07, 6.45) is 0.148. The fourth-order valence-corrected chi connectivity index (χ4v) is 3.27. The molecule has 0 aromatic heterocycles. The van der Waals surface area contributed by atoms with Gasteiger partial charge in [-0.05, 0) is 42.2 Å². The van der Waals surface area contributed by atoms with E-state index in [2.05, 4.69) is 4.72 Å². The Labute approximate surface area is 138 Å². The van der Waals surface area contributed by atoms with Crippen LogP contribution < -0.4 is 4.72 Å². The van der Waals surface area contributed by atoms with Gasteiger partial charge in [-0.1, -0.05) is 18.2 Å². The van der Waals surface area contributed by atoms with Crippen molar-refractivity contribution in [1.82, 2.24) is 4.72 Å². The molecule has 0 aliphatic carbocycles. The van der Waals surface area contributed by atoms with Crippen LogP contribution in [0.3, 0.4) is 0 Å². The second kappa shape index (κ2) is 7.69. The van der Waals surface area contributed by atoms with Crippen LogP contribution in [0, 0.1) is 17.6 Å². The van der Waals surface area contributed by atoms with E-state index in [1.165, 1.54) is 12.1 Å². The van der Waals surface area contributed by atoms with Crippen LogP contribution in [0.4, 0.5) is 8.78 Å². The first-order valence-corrected chi connectivity index (χ1v) is 8.64. The van der Waals surface area contributed by atoms with Gasteiger partial charge in [-0.3, -0.25) is 0 Å². The first-order valence-electron chi connectivity index (χ1n) is 7.16. The summed E-state index contributed by atoms with van der Waals surface area (Å²) in [6.45, 7) is -0.490. The van der Waals surface area contributed by atoms with E-state index in [0.717, 1.165) is 12.1 Å². The van der Waals surface area contributed by atoms with E-state index in [-0.39, 0.29) is 24.5 Å². The third kappa shape index (κ3) is 4.50. The number of hydrogen-bond donors (Lipinski definition) is 3. The van der Waals surface area contributed by atoms with E-state index in [0.29, 0.717) is 11.6 Å². The summed E-state index contributed by atoms with van der Waals surface area (Å²) in [6, 6.07) is 8.72. The quantitative estimate of drug-likeness (QED) is 0.705. The molecule has 2 aromatic rings. The van der Waals surface area contributed by atoms with Crippen LogP contribution in [-0.4, -0.2) is 31.8 Å². The molecule has 0 aliphatic heterocycles. The maximum atomic E-state index is 13.6. The maximum Gasteiger partial charge on any atom is 0.240 e. The summed E-state index contributed by atoms with van der Waals surface area (Å²) < 4.78 is 53.4. The highest BCUT2D eigenvalue weighted by Crippen LogP contribution is 2.19. The molecule has 1 atom stereocenters. The maximum absolute atomic E-state index is 13.6. The van der Waals surface area contributed by atoms with Gasteiger partial charge in [0.1, 0.15) is 5.82 Å². The van der Waals surface area contributed by atoms with Crippen LogP contribution in [0.1, 0.15) is 5.56 Å². The van der Waals surface area contributed by atoms with Crippen molar-refractivity contribution in [2.45, 2.75) is 11.3 Å². The van der Waals surface area contributed by atoms with Crippen LogP contribution in [-0.2, 0) is 16.4 Å². The summed E-state index contributed by atoms with van der Waals surface area (Å²) in [5.74, 6) is -2.68. The predicted octanol–water partition coefficient (Wildman–Crippen LogP) is 1.80. The molecule has 0 aliphatic rings. The highest BCUT2D eigenvalue weighted by molar-refractivity contribution is 7.89. The number of aliphatic hydroxyl groups is 1. The molecule has 0 fully saturated rings. The Balaban J connectivity index is 2.06. The second-order valence-corrected chi connectivity index (χ2v) is 7.08. The van der Waals surface area contributed by atoms with Gasteiger partial charge in [-0.15, -0.1) is 0 Å². The lowest BCUT2D eigenvalue weighted by Gasteiger charge is -2.16. The number of sulfonamides is 1. The first-order chi connectivity index (χ1) is 11.3. The number of hydrogen-bond acceptors (Lipinski definition) is 4. The molecule has 2 aromatic carbocycles. The Morgan fingerprint density at radius 3 is 2.42 bits per heavy atom. The van der Waals surface area contributed by atoms with Crippen LogP contribution in [0.15, 0.2) is 47.4 Å². The van der Waals surface area contributed by atoms with Gasteiger partial charge in [-0.2, -0.15) is 0 Å². The monoisotopic (exact) mass is 357 g/mol. The van der Waals surface area contributed by atoms with Crippen molar-refractivity contribution in [3.05, 3.63) is 59.7 Å². The summed E-state index contributed by atoms with van der Waals surface area (Å²) >= 11 is 0. The molecule has 24 heavy (non-hydrogen) atoms. The van der Waals surface area contributed by atoms with Gasteiger partial charge in [0.15, 0.2) is 11.6 Å². The Morgan fingerprint density at radius 1 is 1.08 bits per heavy atom. The van der Waals surface area contributed by atoms with E-state index >= 15 is 0 Å². The predicted molar refractivity (Wildman–Crippen MR) is 83.9 cm³/mol. The van der Waals surface area contributed by atoms with Gasteiger partial charge in [0, 0.05) is 13.2 Å². The molecule has 0 saturated carbocycles. The van der Waals surface area contributed by atoms with Crippen LogP contribution >= 0.6 is 0 Å². The molecule has 8 heteroatoms. The third-order valence-corrected chi connectivity index (χ3v) is 4.94. The largest absolute Gasteiger partial charge is 0.505 e. The number of aliphatic hydroxyl groups excluding tert-OH is 1. The lowest BCUT2D eigenvalue weighted by atomic mass is 10.00. The normalized spacial score (nSPS) is 13.0. The molecule has 130 valence electrons. The Kier molecular flexibility index (Phi) is 5.87. The number of benzene rings is 2. The van der Waals surface area contributed by atoms with Crippen molar-refractivity contribution in [3.63, 3.8) is 0 Å². The van der Waals surface area contributed by atoms with Gasteiger partial charge < -0.3 is 10.2 Å². The van der Waals surface area contributed by atoms with Crippen LogP contribution in [0.5, 0.6) is 5.75 Å². The highest BCUT2D eigenvalue weighted by Gasteiger charge is 2.19. The number of halogens is 2. The van der Waals surface area contributed by atoms with Crippen molar-refractivity contribution >= 4 is 10.0 Å². The lowest BCUT2D eigenvalue weighted by Crippen LogP contribution is -2.32. The molecule has 0 amide bonds. The van der Waals surface area contributed by atoms with Crippen molar-refractivity contribution in [3.8, 4) is 5.75 Å². The van der Waals surface area contributed by atoms with Crippen molar-refractivity contribution in [2.24, 2.45) is 5.92 Å². The molecule has 0 bridgehead atoms. The van der Waals surface area contributed by atoms with Gasteiger partial charge in [0.2, 0.25) is 10.0 Å². The standard InChI is InChI=1S/C16H17F2NO4S/c17-14-4-2-1-3-12(14)7-11(10-20)9-19-24(22,23)13-5-6-16(21)15(18)8-13/h1-6,8,11,19-21H,7,9-10H2. The number of aromatic hydroxyl groups is 1. The van der Waals surface area contributed by atoms with E-state index in [4.69, 9.17) is 5.11 Å². The molecular formula is C16H17F2NO4S.